The predicted molar refractivity (Wildman–Crippen MR) is 215 cm³/mol. The molecule has 53 heavy (non-hydrogen) atoms. The van der Waals surface area contributed by atoms with Gasteiger partial charge in [0.05, 0.1) is 5.69 Å². The summed E-state index contributed by atoms with van der Waals surface area (Å²) in [6, 6.07) is 28.8. The van der Waals surface area contributed by atoms with Crippen molar-refractivity contribution in [3.05, 3.63) is 119 Å². The Balaban J connectivity index is 0.00000481. The van der Waals surface area contributed by atoms with Crippen molar-refractivity contribution in [2.75, 3.05) is 0 Å². The van der Waals surface area contributed by atoms with Crippen LogP contribution >= 0.6 is 0 Å². The van der Waals surface area contributed by atoms with Crippen molar-refractivity contribution in [2.45, 2.75) is 112 Å². The fourth-order valence-corrected chi connectivity index (χ4v) is 8.21. The van der Waals surface area contributed by atoms with E-state index in [1.54, 1.807) is 0 Å². The minimum absolute atomic E-state index is 0. The Morgan fingerprint density at radius 1 is 0.962 bits per heavy atom. The third-order valence-corrected chi connectivity index (χ3v) is 10.8. The molecule has 0 aliphatic heterocycles. The van der Waals surface area contributed by atoms with E-state index in [2.05, 4.69) is 144 Å². The van der Waals surface area contributed by atoms with Gasteiger partial charge in [-0.2, -0.15) is 11.2 Å². The molecule has 0 amide bonds. The molecular formula is C47H54N4OPt. The molecule has 3 aromatic heterocycles. The average molecular weight is 886 g/mol. The second-order valence-electron chi connectivity index (χ2n) is 16.5. The maximum absolute atomic E-state index is 6.76. The van der Waals surface area contributed by atoms with Crippen molar-refractivity contribution < 1.29 is 25.8 Å². The minimum Gasteiger partial charge on any atom is -0.509 e. The minimum atomic E-state index is -0.111. The first-order valence-corrected chi connectivity index (χ1v) is 19.3. The van der Waals surface area contributed by atoms with Crippen LogP contribution in [0.3, 0.4) is 0 Å². The smallest absolute Gasteiger partial charge is 0.509 e. The zero-order valence-electron chi connectivity index (χ0n) is 32.9. The van der Waals surface area contributed by atoms with E-state index in [1.165, 1.54) is 39.8 Å². The van der Waals surface area contributed by atoms with Crippen LogP contribution in [0.1, 0.15) is 115 Å². The van der Waals surface area contributed by atoms with Crippen molar-refractivity contribution in [3.8, 4) is 23.0 Å². The molecule has 7 rings (SSSR count). The summed E-state index contributed by atoms with van der Waals surface area (Å²) in [5.74, 6) is 3.73. The van der Waals surface area contributed by atoms with Gasteiger partial charge in [-0.25, -0.2) is 4.98 Å². The Hall–Kier alpha value is -3.95. The quantitative estimate of drug-likeness (QED) is 0.102. The number of hydrogen-bond acceptors (Lipinski definition) is 3. The number of aromatic nitrogens is 4. The second-order valence-corrected chi connectivity index (χ2v) is 16.5. The molecule has 6 aromatic rings. The fourth-order valence-electron chi connectivity index (χ4n) is 8.21. The number of aryl methyl sites for hydroxylation is 1. The number of para-hydroxylation sites is 1. The van der Waals surface area contributed by atoms with E-state index in [4.69, 9.17) is 14.8 Å². The fraction of sp³-hybridized carbons (Fsp3) is 0.404. The molecule has 0 saturated carbocycles. The van der Waals surface area contributed by atoms with Crippen LogP contribution in [-0.2, 0) is 39.3 Å². The normalized spacial score (nSPS) is 16.3. The SMILES string of the molecule is CCCCc1c(C2C(C)=CCC[C@@H]2C)c(C)nn1-c1[c-]c(Oc2[c-]c3c(cc2)c2ccccc2n3-c2cc(CC(C)C)ccn2)cc(C(C)(C)C)c1.[Pt+2]. The third kappa shape index (κ3) is 7.83. The van der Waals surface area contributed by atoms with E-state index in [0.717, 1.165) is 65.7 Å². The summed E-state index contributed by atoms with van der Waals surface area (Å²) in [7, 11) is 0. The van der Waals surface area contributed by atoms with E-state index in [0.29, 0.717) is 29.3 Å². The van der Waals surface area contributed by atoms with Crippen molar-refractivity contribution in [2.24, 2.45) is 11.8 Å². The van der Waals surface area contributed by atoms with Gasteiger partial charge >= 0.3 is 21.1 Å². The van der Waals surface area contributed by atoms with Crippen molar-refractivity contribution in [1.82, 2.24) is 19.3 Å². The van der Waals surface area contributed by atoms with E-state index in [1.807, 2.05) is 12.3 Å². The largest absolute Gasteiger partial charge is 2.00 e. The maximum Gasteiger partial charge on any atom is 2.00 e. The Labute approximate surface area is 331 Å². The molecule has 6 heteroatoms. The van der Waals surface area contributed by atoms with Gasteiger partial charge < -0.3 is 9.30 Å². The van der Waals surface area contributed by atoms with E-state index in [9.17, 15) is 0 Å². The monoisotopic (exact) mass is 885 g/mol. The Kier molecular flexibility index (Phi) is 11.6. The first-order valence-electron chi connectivity index (χ1n) is 19.3. The van der Waals surface area contributed by atoms with Gasteiger partial charge in [-0.1, -0.05) is 90.3 Å². The zero-order chi connectivity index (χ0) is 36.7. The molecule has 0 spiro atoms. The van der Waals surface area contributed by atoms with Crippen molar-refractivity contribution in [3.63, 3.8) is 0 Å². The molecule has 1 aliphatic carbocycles. The molecule has 0 N–H and O–H groups in total. The van der Waals surface area contributed by atoms with Gasteiger partial charge in [0, 0.05) is 40.4 Å². The van der Waals surface area contributed by atoms with Crippen LogP contribution in [0.2, 0.25) is 0 Å². The van der Waals surface area contributed by atoms with Crippen LogP contribution in [0.5, 0.6) is 11.5 Å². The topological polar surface area (TPSA) is 44.9 Å². The summed E-state index contributed by atoms with van der Waals surface area (Å²) in [5.41, 5.74) is 10.6. The predicted octanol–water partition coefficient (Wildman–Crippen LogP) is 12.4. The molecule has 2 atom stereocenters. The standard InChI is InChI=1S/C47H54N4O.Pt/c1-10-11-18-42-46(45-31(4)15-14-16-32(45)5)33(6)49-51(42)36-26-35(47(7,8)9)27-38(28-36)52-37-20-21-40-39-17-12-13-19-41(39)50(43(40)29-37)44-25-34(22-23-48-44)24-30(2)3;/h12-13,15,17,19-23,25-27,30,32,45H,10-11,14,16,18,24H2,1-9H3;/q-2;+2/t32-,45?;/m0./s1. The van der Waals surface area contributed by atoms with Crippen LogP contribution in [0.15, 0.2) is 78.5 Å². The molecule has 3 aromatic carbocycles. The molecule has 0 bridgehead atoms. The summed E-state index contributed by atoms with van der Waals surface area (Å²) in [6.07, 6.45) is 11.0. The molecule has 1 unspecified atom stereocenters. The Morgan fingerprint density at radius 3 is 2.49 bits per heavy atom. The number of unbranched alkanes of at least 4 members (excludes halogenated alkanes) is 1. The summed E-state index contributed by atoms with van der Waals surface area (Å²) < 4.78 is 11.2. The van der Waals surface area contributed by atoms with Gasteiger partial charge in [0.1, 0.15) is 5.82 Å². The van der Waals surface area contributed by atoms with Crippen LogP contribution in [-0.4, -0.2) is 19.3 Å². The molecule has 0 radical (unpaired) electrons. The molecule has 278 valence electrons. The third-order valence-electron chi connectivity index (χ3n) is 10.8. The number of ether oxygens (including phenoxy) is 1. The molecule has 3 heterocycles. The first kappa shape index (κ1) is 38.8. The first-order chi connectivity index (χ1) is 24.9. The molecule has 0 saturated heterocycles. The van der Waals surface area contributed by atoms with Crippen molar-refractivity contribution >= 4 is 21.8 Å². The molecular weight excluding hydrogens is 832 g/mol. The number of hydrogen-bond donors (Lipinski definition) is 0. The number of fused-ring (bicyclic) bond motifs is 3. The van der Waals surface area contributed by atoms with Gasteiger partial charge in [0.25, 0.3) is 0 Å². The van der Waals surface area contributed by atoms with Crippen LogP contribution in [0, 0.1) is 30.9 Å². The van der Waals surface area contributed by atoms with E-state index < -0.39 is 0 Å². The van der Waals surface area contributed by atoms with E-state index in [-0.39, 0.29) is 26.5 Å². The Bertz CT molecular complexity index is 2270. The maximum atomic E-state index is 6.76. The number of allylic oxidation sites excluding steroid dienone is 2. The van der Waals surface area contributed by atoms with Crippen LogP contribution in [0.4, 0.5) is 0 Å². The summed E-state index contributed by atoms with van der Waals surface area (Å²) in [5, 5.41) is 7.56. The number of rotatable bonds is 10. The van der Waals surface area contributed by atoms with Gasteiger partial charge in [0.15, 0.2) is 0 Å². The van der Waals surface area contributed by atoms with Gasteiger partial charge in [-0.3, -0.25) is 4.68 Å². The molecule has 5 nitrogen and oxygen atoms in total. The molecule has 0 fully saturated rings. The van der Waals surface area contributed by atoms with Gasteiger partial charge in [0.2, 0.25) is 0 Å². The number of nitrogens with zero attached hydrogens (tertiary/aromatic N) is 4. The second kappa shape index (κ2) is 15.8. The summed E-state index contributed by atoms with van der Waals surface area (Å²) in [6.45, 7) is 20.4. The van der Waals surface area contributed by atoms with Crippen molar-refractivity contribution in [1.29, 1.82) is 0 Å². The number of pyridine rings is 1. The average Bonchev–Trinajstić information content (AvgIpc) is 3.60. The zero-order valence-corrected chi connectivity index (χ0v) is 35.2. The van der Waals surface area contributed by atoms with Crippen LogP contribution < -0.4 is 4.74 Å². The summed E-state index contributed by atoms with van der Waals surface area (Å²) >= 11 is 0. The van der Waals surface area contributed by atoms with Gasteiger partial charge in [-0.15, -0.1) is 41.3 Å². The summed E-state index contributed by atoms with van der Waals surface area (Å²) in [4.78, 5) is 4.85. The van der Waals surface area contributed by atoms with Crippen LogP contribution in [0.25, 0.3) is 33.3 Å². The molecule has 1 aliphatic rings. The van der Waals surface area contributed by atoms with Gasteiger partial charge in [-0.05, 0) is 98.0 Å². The number of benzene rings is 3. The van der Waals surface area contributed by atoms with E-state index >= 15 is 0 Å². The Morgan fingerprint density at radius 2 is 1.75 bits per heavy atom.